The van der Waals surface area contributed by atoms with Gasteiger partial charge in [0.05, 0.1) is 6.10 Å². The summed E-state index contributed by atoms with van der Waals surface area (Å²) in [5.41, 5.74) is 1.31. The van der Waals surface area contributed by atoms with Crippen LogP contribution in [0.4, 0.5) is 5.69 Å². The average molecular weight is 167 g/mol. The van der Waals surface area contributed by atoms with Crippen LogP contribution in [-0.2, 0) is 0 Å². The van der Waals surface area contributed by atoms with Gasteiger partial charge in [-0.1, -0.05) is 0 Å². The van der Waals surface area contributed by atoms with Crippen LogP contribution in [0.5, 0.6) is 11.5 Å². The zero-order chi connectivity index (χ0) is 8.72. The Morgan fingerprint density at radius 3 is 2.67 bits per heavy atom. The lowest BCUT2D eigenvalue weighted by molar-refractivity contribution is 0.199. The second kappa shape index (κ2) is 2.28. The van der Waals surface area contributed by atoms with E-state index in [2.05, 4.69) is 5.32 Å². The molecular weight excluding hydrogens is 158 g/mol. The van der Waals surface area contributed by atoms with Gasteiger partial charge in [0, 0.05) is 23.9 Å². The fraction of sp³-hybridized carbons (Fsp3) is 0.250. The molecule has 1 aliphatic heterocycles. The molecule has 1 aliphatic rings. The first-order valence-electron chi connectivity index (χ1n) is 3.66. The molecule has 0 fully saturated rings. The Balaban J connectivity index is 2.56. The Labute approximate surface area is 69.1 Å². The standard InChI is InChI=1S/C8H9NO3/c10-6-1-4-5(2-7(6)11)9-3-8(4)12/h1-2,8-12H,3H2/t8-/m0/s1. The smallest absolute Gasteiger partial charge is 0.159 e. The second-order valence-electron chi connectivity index (χ2n) is 2.82. The molecule has 1 heterocycles. The van der Waals surface area contributed by atoms with E-state index in [1.54, 1.807) is 0 Å². The van der Waals surface area contributed by atoms with Crippen molar-refractivity contribution in [2.45, 2.75) is 6.10 Å². The number of β-amino-alcohol motifs (C(OH)–C–C–N with tert-alkyl or cyclic N) is 1. The Kier molecular flexibility index (Phi) is 1.38. The van der Waals surface area contributed by atoms with Gasteiger partial charge in [-0.3, -0.25) is 0 Å². The maximum absolute atomic E-state index is 9.34. The molecule has 0 saturated carbocycles. The van der Waals surface area contributed by atoms with Crippen LogP contribution >= 0.6 is 0 Å². The third-order valence-corrected chi connectivity index (χ3v) is 1.99. The number of anilines is 1. The molecule has 0 bridgehead atoms. The van der Waals surface area contributed by atoms with Crippen LogP contribution in [0.2, 0.25) is 0 Å². The fourth-order valence-electron chi connectivity index (χ4n) is 1.34. The fourth-order valence-corrected chi connectivity index (χ4v) is 1.34. The Morgan fingerprint density at radius 1 is 1.25 bits per heavy atom. The molecule has 0 spiro atoms. The lowest BCUT2D eigenvalue weighted by Gasteiger charge is -2.03. The molecule has 4 heteroatoms. The number of rotatable bonds is 0. The summed E-state index contributed by atoms with van der Waals surface area (Å²) in [5, 5.41) is 30.4. The highest BCUT2D eigenvalue weighted by molar-refractivity contribution is 5.63. The monoisotopic (exact) mass is 167 g/mol. The Hall–Kier alpha value is -1.42. The molecule has 1 atom stereocenters. The summed E-state index contributed by atoms with van der Waals surface area (Å²) in [7, 11) is 0. The molecule has 0 unspecified atom stereocenters. The van der Waals surface area contributed by atoms with Crippen molar-refractivity contribution in [2.24, 2.45) is 0 Å². The van der Waals surface area contributed by atoms with Crippen LogP contribution in [0.25, 0.3) is 0 Å². The highest BCUT2D eigenvalue weighted by atomic mass is 16.3. The van der Waals surface area contributed by atoms with E-state index in [1.807, 2.05) is 0 Å². The van der Waals surface area contributed by atoms with Gasteiger partial charge in [-0.05, 0) is 6.07 Å². The van der Waals surface area contributed by atoms with Gasteiger partial charge in [0.2, 0.25) is 0 Å². The summed E-state index contributed by atoms with van der Waals surface area (Å²) < 4.78 is 0. The first-order chi connectivity index (χ1) is 5.68. The number of fused-ring (bicyclic) bond motifs is 1. The highest BCUT2D eigenvalue weighted by Gasteiger charge is 2.21. The first-order valence-corrected chi connectivity index (χ1v) is 3.66. The van der Waals surface area contributed by atoms with E-state index in [-0.39, 0.29) is 11.5 Å². The molecule has 0 aromatic heterocycles. The van der Waals surface area contributed by atoms with Gasteiger partial charge in [-0.25, -0.2) is 0 Å². The van der Waals surface area contributed by atoms with Gasteiger partial charge in [-0.2, -0.15) is 0 Å². The van der Waals surface area contributed by atoms with E-state index in [0.29, 0.717) is 17.8 Å². The molecule has 0 radical (unpaired) electrons. The largest absolute Gasteiger partial charge is 0.504 e. The zero-order valence-electron chi connectivity index (χ0n) is 6.28. The molecular formula is C8H9NO3. The first kappa shape index (κ1) is 7.24. The Bertz CT molecular complexity index is 324. The molecule has 2 rings (SSSR count). The summed E-state index contributed by atoms with van der Waals surface area (Å²) in [5.74, 6) is -0.369. The molecule has 12 heavy (non-hydrogen) atoms. The number of benzene rings is 1. The average Bonchev–Trinajstić information content (AvgIpc) is 2.35. The van der Waals surface area contributed by atoms with Crippen molar-refractivity contribution in [1.82, 2.24) is 0 Å². The predicted octanol–water partition coefficient (Wildman–Crippen LogP) is 0.557. The van der Waals surface area contributed by atoms with Gasteiger partial charge < -0.3 is 20.6 Å². The second-order valence-corrected chi connectivity index (χ2v) is 2.82. The molecule has 64 valence electrons. The van der Waals surface area contributed by atoms with Gasteiger partial charge in [-0.15, -0.1) is 0 Å². The zero-order valence-corrected chi connectivity index (χ0v) is 6.28. The molecule has 1 aromatic carbocycles. The van der Waals surface area contributed by atoms with Crippen LogP contribution in [-0.4, -0.2) is 21.9 Å². The molecule has 0 saturated heterocycles. The van der Waals surface area contributed by atoms with Crippen molar-refractivity contribution in [3.05, 3.63) is 17.7 Å². The molecule has 0 aliphatic carbocycles. The minimum Gasteiger partial charge on any atom is -0.504 e. The Morgan fingerprint density at radius 2 is 1.92 bits per heavy atom. The summed E-state index contributed by atoms with van der Waals surface area (Å²) in [6.07, 6.45) is -0.591. The van der Waals surface area contributed by atoms with Crippen LogP contribution in [0.3, 0.4) is 0 Å². The van der Waals surface area contributed by atoms with Crippen molar-refractivity contribution in [2.75, 3.05) is 11.9 Å². The lowest BCUT2D eigenvalue weighted by Crippen LogP contribution is -1.98. The molecule has 4 nitrogen and oxygen atoms in total. The van der Waals surface area contributed by atoms with Gasteiger partial charge >= 0.3 is 0 Å². The number of aliphatic hydroxyl groups is 1. The number of hydrogen-bond acceptors (Lipinski definition) is 4. The number of aliphatic hydroxyl groups excluding tert-OH is 1. The van der Waals surface area contributed by atoms with Crippen molar-refractivity contribution >= 4 is 5.69 Å². The van der Waals surface area contributed by atoms with E-state index in [9.17, 15) is 5.11 Å². The SMILES string of the molecule is Oc1cc2c(cc1O)[C@@H](O)CN2. The van der Waals surface area contributed by atoms with E-state index < -0.39 is 6.10 Å². The van der Waals surface area contributed by atoms with Crippen molar-refractivity contribution < 1.29 is 15.3 Å². The maximum Gasteiger partial charge on any atom is 0.159 e. The number of phenolic OH excluding ortho intramolecular Hbond substituents is 2. The molecule has 1 aromatic rings. The normalized spacial score (nSPS) is 20.2. The van der Waals surface area contributed by atoms with Crippen molar-refractivity contribution in [3.8, 4) is 11.5 Å². The van der Waals surface area contributed by atoms with E-state index >= 15 is 0 Å². The third kappa shape index (κ3) is 0.887. The maximum atomic E-state index is 9.34. The number of aromatic hydroxyl groups is 2. The number of hydrogen-bond donors (Lipinski definition) is 4. The minimum atomic E-state index is -0.591. The van der Waals surface area contributed by atoms with E-state index in [4.69, 9.17) is 10.2 Å². The quantitative estimate of drug-likeness (QED) is 0.336. The van der Waals surface area contributed by atoms with E-state index in [1.165, 1.54) is 12.1 Å². The van der Waals surface area contributed by atoms with Crippen molar-refractivity contribution in [1.29, 1.82) is 0 Å². The van der Waals surface area contributed by atoms with Gasteiger partial charge in [0.1, 0.15) is 0 Å². The van der Waals surface area contributed by atoms with Crippen LogP contribution in [0.1, 0.15) is 11.7 Å². The summed E-state index contributed by atoms with van der Waals surface area (Å²) >= 11 is 0. The molecule has 4 N–H and O–H groups in total. The summed E-state index contributed by atoms with van der Waals surface area (Å²) in [6, 6.07) is 2.77. The summed E-state index contributed by atoms with van der Waals surface area (Å²) in [4.78, 5) is 0. The highest BCUT2D eigenvalue weighted by Crippen LogP contribution is 2.37. The predicted molar refractivity (Wildman–Crippen MR) is 43.2 cm³/mol. The van der Waals surface area contributed by atoms with Crippen LogP contribution in [0, 0.1) is 0 Å². The van der Waals surface area contributed by atoms with Crippen molar-refractivity contribution in [3.63, 3.8) is 0 Å². The molecule has 0 amide bonds. The van der Waals surface area contributed by atoms with Crippen LogP contribution < -0.4 is 5.32 Å². The lowest BCUT2D eigenvalue weighted by atomic mass is 10.1. The topological polar surface area (TPSA) is 72.7 Å². The number of phenols is 2. The van der Waals surface area contributed by atoms with E-state index in [0.717, 1.165) is 0 Å². The third-order valence-electron chi connectivity index (χ3n) is 1.99. The summed E-state index contributed by atoms with van der Waals surface area (Å²) in [6.45, 7) is 0.429. The minimum absolute atomic E-state index is 0.171. The van der Waals surface area contributed by atoms with Gasteiger partial charge in [0.25, 0.3) is 0 Å². The van der Waals surface area contributed by atoms with Crippen LogP contribution in [0.15, 0.2) is 12.1 Å². The number of nitrogens with one attached hydrogen (secondary N) is 1. The van der Waals surface area contributed by atoms with Gasteiger partial charge in [0.15, 0.2) is 11.5 Å².